The van der Waals surface area contributed by atoms with Gasteiger partial charge in [0.25, 0.3) is 0 Å². The van der Waals surface area contributed by atoms with Crippen LogP contribution in [-0.4, -0.2) is 37.4 Å². The minimum Gasteiger partial charge on any atom is -0.466 e. The van der Waals surface area contributed by atoms with Crippen molar-refractivity contribution in [1.82, 2.24) is 0 Å². The first-order valence-electron chi connectivity index (χ1n) is 4.96. The Morgan fingerprint density at radius 3 is 2.53 bits per heavy atom. The Balaban J connectivity index is 3.64. The molecule has 0 aliphatic heterocycles. The zero-order chi connectivity index (χ0) is 11.7. The van der Waals surface area contributed by atoms with Crippen molar-refractivity contribution < 1.29 is 24.2 Å². The zero-order valence-electron chi connectivity index (χ0n) is 9.19. The average molecular weight is 218 g/mol. The van der Waals surface area contributed by atoms with Gasteiger partial charge in [0.2, 0.25) is 0 Å². The molecule has 0 saturated carbocycles. The van der Waals surface area contributed by atoms with Gasteiger partial charge < -0.3 is 14.6 Å². The Hall–Kier alpha value is -1.10. The van der Waals surface area contributed by atoms with Gasteiger partial charge in [0, 0.05) is 6.61 Å². The lowest BCUT2D eigenvalue weighted by molar-refractivity contribution is -0.159. The average Bonchev–Trinajstić information content (AvgIpc) is 2.25. The van der Waals surface area contributed by atoms with Crippen molar-refractivity contribution in [2.24, 2.45) is 5.92 Å². The minimum absolute atomic E-state index is 0.129. The van der Waals surface area contributed by atoms with Crippen molar-refractivity contribution in [2.75, 3.05) is 20.3 Å². The molecule has 0 spiro atoms. The molecular weight excluding hydrogens is 200 g/mol. The van der Waals surface area contributed by atoms with Gasteiger partial charge in [-0.05, 0) is 12.8 Å². The highest BCUT2D eigenvalue weighted by molar-refractivity contribution is 5.77. The zero-order valence-corrected chi connectivity index (χ0v) is 9.19. The Labute approximate surface area is 89.4 Å². The van der Waals surface area contributed by atoms with E-state index in [1.54, 1.807) is 6.92 Å². The molecular formula is C10H18O5. The lowest BCUT2D eigenvalue weighted by Crippen LogP contribution is -2.20. The Morgan fingerprint density at radius 1 is 1.33 bits per heavy atom. The van der Waals surface area contributed by atoms with Gasteiger partial charge in [0.15, 0.2) is 6.61 Å². The van der Waals surface area contributed by atoms with Gasteiger partial charge in [-0.15, -0.1) is 0 Å². The first-order valence-corrected chi connectivity index (χ1v) is 4.96. The predicted octanol–water partition coefficient (Wildman–Crippen LogP) is 0.501. The lowest BCUT2D eigenvalue weighted by atomic mass is 10.0. The molecule has 0 aromatic heterocycles. The molecule has 1 N–H and O–H groups in total. The number of unbranched alkanes of at least 4 members (excludes halogenated alkanes) is 1. The first kappa shape index (κ1) is 13.9. The van der Waals surface area contributed by atoms with Crippen LogP contribution >= 0.6 is 0 Å². The second-order valence-electron chi connectivity index (χ2n) is 3.30. The van der Waals surface area contributed by atoms with E-state index in [1.165, 1.54) is 7.11 Å². The molecule has 0 saturated heterocycles. The van der Waals surface area contributed by atoms with Crippen LogP contribution in [0.25, 0.3) is 0 Å². The second-order valence-corrected chi connectivity index (χ2v) is 3.30. The standard InChI is InChI=1S/C10H18O5/c1-8(5-3-4-6-11)10(13)15-7-9(12)14-2/h8,11H,3-7H2,1-2H3. The van der Waals surface area contributed by atoms with E-state index < -0.39 is 11.9 Å². The van der Waals surface area contributed by atoms with E-state index in [1.807, 2.05) is 0 Å². The summed E-state index contributed by atoms with van der Waals surface area (Å²) < 4.78 is 9.04. The van der Waals surface area contributed by atoms with Crippen LogP contribution in [0.5, 0.6) is 0 Å². The van der Waals surface area contributed by atoms with Crippen molar-refractivity contribution in [3.05, 3.63) is 0 Å². The minimum atomic E-state index is -0.564. The fourth-order valence-electron chi connectivity index (χ4n) is 1.01. The van der Waals surface area contributed by atoms with Crippen LogP contribution in [0, 0.1) is 5.92 Å². The van der Waals surface area contributed by atoms with Gasteiger partial charge in [-0.2, -0.15) is 0 Å². The summed E-state index contributed by atoms with van der Waals surface area (Å²) in [4.78, 5) is 21.9. The number of esters is 2. The topological polar surface area (TPSA) is 72.8 Å². The van der Waals surface area contributed by atoms with E-state index in [9.17, 15) is 9.59 Å². The number of methoxy groups -OCH3 is 1. The molecule has 5 nitrogen and oxygen atoms in total. The van der Waals surface area contributed by atoms with E-state index in [4.69, 9.17) is 9.84 Å². The van der Waals surface area contributed by atoms with E-state index in [2.05, 4.69) is 4.74 Å². The smallest absolute Gasteiger partial charge is 0.344 e. The number of aliphatic hydroxyl groups is 1. The third kappa shape index (κ3) is 6.90. The summed E-state index contributed by atoms with van der Waals surface area (Å²) in [5.74, 6) is -1.22. The monoisotopic (exact) mass is 218 g/mol. The maximum absolute atomic E-state index is 11.3. The summed E-state index contributed by atoms with van der Waals surface area (Å²) in [5, 5.41) is 8.55. The Bertz CT molecular complexity index is 202. The van der Waals surface area contributed by atoms with E-state index in [0.717, 1.165) is 6.42 Å². The number of carbonyl (C=O) groups is 2. The molecule has 0 amide bonds. The molecule has 0 aliphatic rings. The van der Waals surface area contributed by atoms with Crippen LogP contribution in [0.1, 0.15) is 26.2 Å². The molecule has 0 aromatic carbocycles. The normalized spacial score (nSPS) is 11.9. The number of carbonyl (C=O) groups excluding carboxylic acids is 2. The van der Waals surface area contributed by atoms with Gasteiger partial charge in [0.1, 0.15) is 0 Å². The van der Waals surface area contributed by atoms with Crippen molar-refractivity contribution in [2.45, 2.75) is 26.2 Å². The number of hydrogen-bond donors (Lipinski definition) is 1. The SMILES string of the molecule is COC(=O)COC(=O)C(C)CCCCO. The molecule has 0 heterocycles. The van der Waals surface area contributed by atoms with Crippen LogP contribution in [0.15, 0.2) is 0 Å². The van der Waals surface area contributed by atoms with E-state index in [-0.39, 0.29) is 19.1 Å². The lowest BCUT2D eigenvalue weighted by Gasteiger charge is -2.09. The third-order valence-electron chi connectivity index (χ3n) is 2.01. The molecule has 15 heavy (non-hydrogen) atoms. The molecule has 1 unspecified atom stereocenters. The molecule has 5 heteroatoms. The van der Waals surface area contributed by atoms with Crippen molar-refractivity contribution in [1.29, 1.82) is 0 Å². The first-order chi connectivity index (χ1) is 7.11. The summed E-state index contributed by atoms with van der Waals surface area (Å²) in [6.07, 6.45) is 2.10. The van der Waals surface area contributed by atoms with E-state index >= 15 is 0 Å². The molecule has 1 atom stereocenters. The van der Waals surface area contributed by atoms with Crippen LogP contribution in [-0.2, 0) is 19.1 Å². The second kappa shape index (κ2) is 8.23. The fourth-order valence-corrected chi connectivity index (χ4v) is 1.01. The number of ether oxygens (including phenoxy) is 2. The summed E-state index contributed by atoms with van der Waals surface area (Å²) in [6, 6.07) is 0. The number of rotatable bonds is 7. The van der Waals surface area contributed by atoms with Crippen LogP contribution in [0.4, 0.5) is 0 Å². The van der Waals surface area contributed by atoms with Crippen molar-refractivity contribution >= 4 is 11.9 Å². The van der Waals surface area contributed by atoms with Crippen molar-refractivity contribution in [3.8, 4) is 0 Å². The summed E-state index contributed by atoms with van der Waals surface area (Å²) >= 11 is 0. The Kier molecular flexibility index (Phi) is 7.62. The molecule has 0 fully saturated rings. The quantitative estimate of drug-likeness (QED) is 0.497. The van der Waals surface area contributed by atoms with Crippen molar-refractivity contribution in [3.63, 3.8) is 0 Å². The van der Waals surface area contributed by atoms with Crippen LogP contribution < -0.4 is 0 Å². The molecule has 88 valence electrons. The highest BCUT2D eigenvalue weighted by atomic mass is 16.6. The summed E-state index contributed by atoms with van der Waals surface area (Å²) in [6.45, 7) is 1.53. The Morgan fingerprint density at radius 2 is 2.00 bits per heavy atom. The molecule has 0 aromatic rings. The van der Waals surface area contributed by atoms with Gasteiger partial charge in [-0.25, -0.2) is 4.79 Å². The van der Waals surface area contributed by atoms with Crippen LogP contribution in [0.2, 0.25) is 0 Å². The highest BCUT2D eigenvalue weighted by Crippen LogP contribution is 2.09. The van der Waals surface area contributed by atoms with Gasteiger partial charge in [-0.1, -0.05) is 13.3 Å². The van der Waals surface area contributed by atoms with Gasteiger partial charge in [0.05, 0.1) is 13.0 Å². The number of hydrogen-bond acceptors (Lipinski definition) is 5. The molecule has 0 aliphatic carbocycles. The predicted molar refractivity (Wildman–Crippen MR) is 53.1 cm³/mol. The van der Waals surface area contributed by atoms with E-state index in [0.29, 0.717) is 12.8 Å². The van der Waals surface area contributed by atoms with Gasteiger partial charge >= 0.3 is 11.9 Å². The fraction of sp³-hybridized carbons (Fsp3) is 0.800. The number of aliphatic hydroxyl groups excluding tert-OH is 1. The largest absolute Gasteiger partial charge is 0.466 e. The molecule has 0 radical (unpaired) electrons. The molecule has 0 rings (SSSR count). The molecule has 0 bridgehead atoms. The summed E-state index contributed by atoms with van der Waals surface area (Å²) in [7, 11) is 1.24. The van der Waals surface area contributed by atoms with Gasteiger partial charge in [-0.3, -0.25) is 4.79 Å². The maximum atomic E-state index is 11.3. The summed E-state index contributed by atoms with van der Waals surface area (Å²) in [5.41, 5.74) is 0. The maximum Gasteiger partial charge on any atom is 0.344 e. The third-order valence-corrected chi connectivity index (χ3v) is 2.01. The highest BCUT2D eigenvalue weighted by Gasteiger charge is 2.15. The van der Waals surface area contributed by atoms with Crippen LogP contribution in [0.3, 0.4) is 0 Å².